The molecule has 96 valence electrons. The van der Waals surface area contributed by atoms with Gasteiger partial charge in [0.2, 0.25) is 0 Å². The molecular formula is C8H19ClN4O3. The molecule has 0 spiro atoms. The fourth-order valence-electron chi connectivity index (χ4n) is 0.815. The van der Waals surface area contributed by atoms with Crippen molar-refractivity contribution < 1.29 is 15.4 Å². The van der Waals surface area contributed by atoms with E-state index in [0.29, 0.717) is 0 Å². The Labute approximate surface area is 99.9 Å². The normalized spacial score (nSPS) is 9.06. The highest BCUT2D eigenvalue weighted by molar-refractivity contribution is 5.85. The molecule has 0 amide bonds. The maximum absolute atomic E-state index is 10.5. The van der Waals surface area contributed by atoms with Crippen LogP contribution in [0.1, 0.15) is 37.0 Å². The molecule has 0 bridgehead atoms. The van der Waals surface area contributed by atoms with Crippen molar-refractivity contribution in [2.24, 2.45) is 11.7 Å². The smallest absolute Gasteiger partial charge is 0.356 e. The molecule has 0 saturated heterocycles. The van der Waals surface area contributed by atoms with E-state index in [2.05, 4.69) is 21.9 Å². The van der Waals surface area contributed by atoms with Crippen molar-refractivity contribution in [3.63, 3.8) is 0 Å². The minimum Gasteiger partial charge on any atom is -0.476 e. The standard InChI is InChI=1S/C8H12N2O2.ClH.H4N2.H2O/c1-8(2,3)6-4-5(7(11)12)9-10-6;;1-2;/h4H,1-3H3,(H,9,10)(H,11,12);1H;1-2H2;1H2. The third kappa shape index (κ3) is 5.66. The molecule has 8 N–H and O–H groups in total. The van der Waals surface area contributed by atoms with E-state index in [1.165, 1.54) is 0 Å². The summed E-state index contributed by atoms with van der Waals surface area (Å²) >= 11 is 0. The number of aromatic nitrogens is 2. The zero-order valence-electron chi connectivity index (χ0n) is 9.44. The van der Waals surface area contributed by atoms with E-state index in [1.54, 1.807) is 6.07 Å². The molecule has 0 radical (unpaired) electrons. The summed E-state index contributed by atoms with van der Waals surface area (Å²) in [5.41, 5.74) is 0.820. The number of aromatic carboxylic acids is 1. The molecule has 0 saturated carbocycles. The SMILES string of the molecule is CC(C)(C)c1cc(C(=O)O)n[nH]1.Cl.NN.O. The molecule has 1 rings (SSSR count). The third-order valence-electron chi connectivity index (χ3n) is 1.60. The molecule has 0 atom stereocenters. The van der Waals surface area contributed by atoms with Crippen molar-refractivity contribution in [2.45, 2.75) is 26.2 Å². The topological polar surface area (TPSA) is 150 Å². The van der Waals surface area contributed by atoms with Gasteiger partial charge in [-0.1, -0.05) is 20.8 Å². The van der Waals surface area contributed by atoms with Crippen LogP contribution >= 0.6 is 12.4 Å². The summed E-state index contributed by atoms with van der Waals surface area (Å²) < 4.78 is 0. The summed E-state index contributed by atoms with van der Waals surface area (Å²) in [6.45, 7) is 5.98. The minimum absolute atomic E-state index is 0. The van der Waals surface area contributed by atoms with Crippen LogP contribution in [0.4, 0.5) is 0 Å². The maximum Gasteiger partial charge on any atom is 0.356 e. The van der Waals surface area contributed by atoms with Crippen LogP contribution in [0.25, 0.3) is 0 Å². The molecule has 16 heavy (non-hydrogen) atoms. The van der Waals surface area contributed by atoms with Crippen LogP contribution < -0.4 is 11.7 Å². The van der Waals surface area contributed by atoms with Gasteiger partial charge in [0.25, 0.3) is 0 Å². The van der Waals surface area contributed by atoms with Gasteiger partial charge in [-0.15, -0.1) is 12.4 Å². The summed E-state index contributed by atoms with van der Waals surface area (Å²) in [5, 5.41) is 14.9. The minimum atomic E-state index is -0.998. The van der Waals surface area contributed by atoms with Crippen LogP contribution in [-0.4, -0.2) is 26.7 Å². The van der Waals surface area contributed by atoms with Gasteiger partial charge in [0.15, 0.2) is 5.69 Å². The van der Waals surface area contributed by atoms with Gasteiger partial charge in [0.1, 0.15) is 0 Å². The lowest BCUT2D eigenvalue weighted by Gasteiger charge is -2.14. The number of hydrogen-bond acceptors (Lipinski definition) is 4. The zero-order chi connectivity index (χ0) is 11.4. The Morgan fingerprint density at radius 1 is 1.44 bits per heavy atom. The first-order chi connectivity index (χ1) is 6.41. The number of nitrogens with one attached hydrogen (secondary N) is 1. The van der Waals surface area contributed by atoms with Crippen molar-refractivity contribution >= 4 is 18.4 Å². The quantitative estimate of drug-likeness (QED) is 0.405. The van der Waals surface area contributed by atoms with Gasteiger partial charge in [-0.05, 0) is 6.07 Å². The van der Waals surface area contributed by atoms with Gasteiger partial charge in [0, 0.05) is 11.1 Å². The molecular weight excluding hydrogens is 236 g/mol. The average molecular weight is 255 g/mol. The van der Waals surface area contributed by atoms with Crippen LogP contribution in [-0.2, 0) is 5.41 Å². The Kier molecular flexibility index (Phi) is 10.2. The van der Waals surface area contributed by atoms with Gasteiger partial charge in [-0.2, -0.15) is 5.10 Å². The van der Waals surface area contributed by atoms with Crippen LogP contribution in [0.5, 0.6) is 0 Å². The van der Waals surface area contributed by atoms with Gasteiger partial charge in [0.05, 0.1) is 0 Å². The van der Waals surface area contributed by atoms with Crippen molar-refractivity contribution in [1.82, 2.24) is 10.2 Å². The highest BCUT2D eigenvalue weighted by Crippen LogP contribution is 2.19. The Morgan fingerprint density at radius 3 is 2.06 bits per heavy atom. The van der Waals surface area contributed by atoms with Crippen LogP contribution in [0.15, 0.2) is 6.07 Å². The van der Waals surface area contributed by atoms with Crippen molar-refractivity contribution in [2.75, 3.05) is 0 Å². The number of nitrogens with two attached hydrogens (primary N) is 2. The Hall–Kier alpha value is -1.15. The fraction of sp³-hybridized carbons (Fsp3) is 0.500. The lowest BCUT2D eigenvalue weighted by molar-refractivity contribution is 0.0690. The van der Waals surface area contributed by atoms with Crippen molar-refractivity contribution in [1.29, 1.82) is 0 Å². The number of carboxylic acid groups (broad SMARTS) is 1. The molecule has 7 nitrogen and oxygen atoms in total. The number of carboxylic acids is 1. The number of halogens is 1. The molecule has 0 unspecified atom stereocenters. The lowest BCUT2D eigenvalue weighted by Crippen LogP contribution is -2.11. The van der Waals surface area contributed by atoms with E-state index in [0.717, 1.165) is 5.69 Å². The summed E-state index contributed by atoms with van der Waals surface area (Å²) in [5.74, 6) is 7.00. The summed E-state index contributed by atoms with van der Waals surface area (Å²) in [6, 6.07) is 1.56. The van der Waals surface area contributed by atoms with Crippen molar-refractivity contribution in [3.05, 3.63) is 17.5 Å². The second-order valence-corrected chi connectivity index (χ2v) is 3.72. The third-order valence-corrected chi connectivity index (χ3v) is 1.60. The van der Waals surface area contributed by atoms with Crippen LogP contribution in [0.2, 0.25) is 0 Å². The number of carbonyl (C=O) groups is 1. The first kappa shape index (κ1) is 20.3. The average Bonchev–Trinajstić information content (AvgIpc) is 2.54. The van der Waals surface area contributed by atoms with Crippen LogP contribution in [0.3, 0.4) is 0 Å². The number of hydrogen-bond donors (Lipinski definition) is 4. The highest BCUT2D eigenvalue weighted by atomic mass is 35.5. The summed E-state index contributed by atoms with van der Waals surface area (Å²) in [7, 11) is 0. The molecule has 1 aromatic rings. The fourth-order valence-corrected chi connectivity index (χ4v) is 0.815. The Morgan fingerprint density at radius 2 is 1.88 bits per heavy atom. The molecule has 1 aromatic heterocycles. The van der Waals surface area contributed by atoms with E-state index in [9.17, 15) is 4.79 Å². The molecule has 0 fully saturated rings. The number of nitrogens with zero attached hydrogens (tertiary/aromatic N) is 1. The van der Waals surface area contributed by atoms with Gasteiger partial charge < -0.3 is 10.6 Å². The second kappa shape index (κ2) is 8.05. The number of H-pyrrole nitrogens is 1. The largest absolute Gasteiger partial charge is 0.476 e. The molecule has 0 aliphatic heterocycles. The summed E-state index contributed by atoms with van der Waals surface area (Å²) in [6.07, 6.45) is 0. The van der Waals surface area contributed by atoms with Crippen LogP contribution in [0, 0.1) is 0 Å². The van der Waals surface area contributed by atoms with Crippen molar-refractivity contribution in [3.8, 4) is 0 Å². The van der Waals surface area contributed by atoms with Gasteiger partial charge in [-0.3, -0.25) is 16.8 Å². The monoisotopic (exact) mass is 254 g/mol. The van der Waals surface area contributed by atoms with E-state index in [1.807, 2.05) is 20.8 Å². The van der Waals surface area contributed by atoms with Gasteiger partial charge in [-0.25, -0.2) is 4.79 Å². The van der Waals surface area contributed by atoms with E-state index >= 15 is 0 Å². The van der Waals surface area contributed by atoms with E-state index in [-0.39, 0.29) is 29.0 Å². The van der Waals surface area contributed by atoms with E-state index in [4.69, 9.17) is 5.11 Å². The number of aromatic amines is 1. The molecule has 1 heterocycles. The molecule has 8 heteroatoms. The lowest BCUT2D eigenvalue weighted by atomic mass is 9.92. The first-order valence-electron chi connectivity index (χ1n) is 4.04. The Balaban J connectivity index is -0.000000399. The maximum atomic E-state index is 10.5. The molecule has 0 aliphatic carbocycles. The van der Waals surface area contributed by atoms with Gasteiger partial charge >= 0.3 is 5.97 Å². The number of rotatable bonds is 1. The highest BCUT2D eigenvalue weighted by Gasteiger charge is 2.18. The predicted molar refractivity (Wildman–Crippen MR) is 63.5 cm³/mol. The zero-order valence-corrected chi connectivity index (χ0v) is 10.3. The van der Waals surface area contributed by atoms with E-state index < -0.39 is 5.97 Å². The summed E-state index contributed by atoms with van der Waals surface area (Å²) in [4.78, 5) is 10.5. The molecule has 0 aliphatic rings. The first-order valence-corrected chi connectivity index (χ1v) is 4.04. The second-order valence-electron chi connectivity index (χ2n) is 3.72. The number of hydrazine groups is 1. The Bertz CT molecular complexity index is 308. The predicted octanol–water partition coefficient (Wildman–Crippen LogP) is -0.179. The molecule has 0 aromatic carbocycles.